The lowest BCUT2D eigenvalue weighted by atomic mass is 9.96. The van der Waals surface area contributed by atoms with Crippen molar-refractivity contribution < 1.29 is 14.0 Å². The van der Waals surface area contributed by atoms with Gasteiger partial charge in [0.15, 0.2) is 5.76 Å². The Hall–Kier alpha value is -2.31. The molecule has 1 aromatic heterocycles. The molecule has 6 nitrogen and oxygen atoms in total. The largest absolute Gasteiger partial charge is 0.459 e. The summed E-state index contributed by atoms with van der Waals surface area (Å²) in [6.07, 6.45) is 5.21. The van der Waals surface area contributed by atoms with E-state index in [1.54, 1.807) is 12.1 Å². The molecule has 1 aromatic carbocycles. The molecule has 152 valence electrons. The molecular weight excluding hydrogens is 378 g/mol. The summed E-state index contributed by atoms with van der Waals surface area (Å²) in [6.45, 7) is 2.71. The quantitative estimate of drug-likeness (QED) is 0.630. The fraction of sp³-hybridized carbons (Fsp3) is 0.429. The van der Waals surface area contributed by atoms with Gasteiger partial charge in [-0.1, -0.05) is 30.3 Å². The molecule has 2 atom stereocenters. The SMILES string of the molecule is Cl.O=C(NC(Cc1ccccc1)C(=O)NCCC1CCCNC1)c1ccco1. The summed E-state index contributed by atoms with van der Waals surface area (Å²) in [5, 5.41) is 9.18. The molecule has 1 saturated heterocycles. The third-order valence-electron chi connectivity index (χ3n) is 4.90. The van der Waals surface area contributed by atoms with Crippen LogP contribution in [0.4, 0.5) is 0 Å². The lowest BCUT2D eigenvalue weighted by Crippen LogP contribution is -2.48. The van der Waals surface area contributed by atoms with Crippen molar-refractivity contribution >= 4 is 24.2 Å². The van der Waals surface area contributed by atoms with Crippen molar-refractivity contribution in [1.82, 2.24) is 16.0 Å². The Balaban J connectivity index is 0.00000280. The molecule has 2 aromatic rings. The number of piperidine rings is 1. The van der Waals surface area contributed by atoms with Crippen LogP contribution in [-0.4, -0.2) is 37.5 Å². The minimum absolute atomic E-state index is 0. The summed E-state index contributed by atoms with van der Waals surface area (Å²) >= 11 is 0. The maximum absolute atomic E-state index is 12.7. The average molecular weight is 406 g/mol. The summed E-state index contributed by atoms with van der Waals surface area (Å²) in [7, 11) is 0. The Morgan fingerprint density at radius 1 is 1.18 bits per heavy atom. The van der Waals surface area contributed by atoms with Crippen LogP contribution >= 0.6 is 12.4 Å². The third kappa shape index (κ3) is 6.69. The first-order chi connectivity index (χ1) is 13.2. The van der Waals surface area contributed by atoms with E-state index in [-0.39, 0.29) is 30.0 Å². The van der Waals surface area contributed by atoms with Crippen molar-refractivity contribution in [3.8, 4) is 0 Å². The molecule has 0 aliphatic carbocycles. The number of hydrogen-bond donors (Lipinski definition) is 3. The summed E-state index contributed by atoms with van der Waals surface area (Å²) in [5.41, 5.74) is 0.994. The van der Waals surface area contributed by atoms with E-state index in [2.05, 4.69) is 16.0 Å². The molecule has 1 aliphatic heterocycles. The first-order valence-corrected chi connectivity index (χ1v) is 9.59. The molecule has 0 radical (unpaired) electrons. The normalized spacial score (nSPS) is 17.2. The molecule has 0 saturated carbocycles. The standard InChI is InChI=1S/C21H27N3O3.ClH/c25-20(23-12-10-17-8-4-11-22-15-17)18(14-16-6-2-1-3-7-16)24-21(26)19-9-5-13-27-19;/h1-3,5-7,9,13,17-18,22H,4,8,10-12,14-15H2,(H,23,25)(H,24,26);1H. The van der Waals surface area contributed by atoms with Crippen molar-refractivity contribution in [2.45, 2.75) is 31.7 Å². The molecule has 2 heterocycles. The molecule has 3 N–H and O–H groups in total. The van der Waals surface area contributed by atoms with Crippen LogP contribution in [0, 0.1) is 5.92 Å². The van der Waals surface area contributed by atoms with Gasteiger partial charge in [0.25, 0.3) is 5.91 Å². The van der Waals surface area contributed by atoms with Gasteiger partial charge in [0, 0.05) is 13.0 Å². The molecule has 28 heavy (non-hydrogen) atoms. The van der Waals surface area contributed by atoms with Crippen molar-refractivity contribution in [2.24, 2.45) is 5.92 Å². The predicted octanol–water partition coefficient (Wildman–Crippen LogP) is 2.55. The van der Waals surface area contributed by atoms with Gasteiger partial charge in [-0.3, -0.25) is 9.59 Å². The first kappa shape index (κ1) is 22.0. The topological polar surface area (TPSA) is 83.4 Å². The number of benzene rings is 1. The molecular formula is C21H28ClN3O3. The van der Waals surface area contributed by atoms with E-state index in [1.165, 1.54) is 19.1 Å². The van der Waals surface area contributed by atoms with E-state index < -0.39 is 6.04 Å². The van der Waals surface area contributed by atoms with Gasteiger partial charge in [0.2, 0.25) is 5.91 Å². The second-order valence-electron chi connectivity index (χ2n) is 6.99. The summed E-state index contributed by atoms with van der Waals surface area (Å²) in [5.74, 6) is 0.258. The maximum atomic E-state index is 12.7. The van der Waals surface area contributed by atoms with E-state index in [9.17, 15) is 9.59 Å². The van der Waals surface area contributed by atoms with Gasteiger partial charge in [-0.25, -0.2) is 0 Å². The van der Waals surface area contributed by atoms with E-state index in [4.69, 9.17) is 4.42 Å². The molecule has 3 rings (SSSR count). The number of halogens is 1. The zero-order valence-corrected chi connectivity index (χ0v) is 16.7. The number of hydrogen-bond acceptors (Lipinski definition) is 4. The predicted molar refractivity (Wildman–Crippen MR) is 111 cm³/mol. The summed E-state index contributed by atoms with van der Waals surface area (Å²) < 4.78 is 5.14. The second kappa shape index (κ2) is 11.5. The Morgan fingerprint density at radius 2 is 2.00 bits per heavy atom. The Kier molecular flexibility index (Phi) is 9.04. The highest BCUT2D eigenvalue weighted by atomic mass is 35.5. The smallest absolute Gasteiger partial charge is 0.287 e. The number of nitrogens with one attached hydrogen (secondary N) is 3. The highest BCUT2D eigenvalue weighted by Gasteiger charge is 2.23. The Bertz CT molecular complexity index is 716. The van der Waals surface area contributed by atoms with Crippen LogP contribution in [0.15, 0.2) is 53.1 Å². The Labute approximate surface area is 171 Å². The highest BCUT2D eigenvalue weighted by Crippen LogP contribution is 2.13. The van der Waals surface area contributed by atoms with Gasteiger partial charge in [-0.2, -0.15) is 0 Å². The third-order valence-corrected chi connectivity index (χ3v) is 4.90. The van der Waals surface area contributed by atoms with E-state index in [0.29, 0.717) is 18.9 Å². The molecule has 0 bridgehead atoms. The van der Waals surface area contributed by atoms with E-state index in [1.807, 2.05) is 30.3 Å². The van der Waals surface area contributed by atoms with Crippen LogP contribution in [0.2, 0.25) is 0 Å². The van der Waals surface area contributed by atoms with Gasteiger partial charge in [0.05, 0.1) is 6.26 Å². The van der Waals surface area contributed by atoms with Crippen LogP contribution in [0.5, 0.6) is 0 Å². The minimum atomic E-state index is -0.644. The lowest BCUT2D eigenvalue weighted by molar-refractivity contribution is -0.123. The maximum Gasteiger partial charge on any atom is 0.287 e. The average Bonchev–Trinajstić information content (AvgIpc) is 3.24. The molecule has 2 amide bonds. The van der Waals surface area contributed by atoms with Crippen molar-refractivity contribution in [3.63, 3.8) is 0 Å². The lowest BCUT2D eigenvalue weighted by Gasteiger charge is -2.23. The van der Waals surface area contributed by atoms with Gasteiger partial charge in [0.1, 0.15) is 6.04 Å². The zero-order chi connectivity index (χ0) is 18.9. The number of carbonyl (C=O) groups is 2. The van der Waals surface area contributed by atoms with Crippen LogP contribution in [0.1, 0.15) is 35.4 Å². The van der Waals surface area contributed by atoms with Gasteiger partial charge < -0.3 is 20.4 Å². The van der Waals surface area contributed by atoms with E-state index >= 15 is 0 Å². The zero-order valence-electron chi connectivity index (χ0n) is 15.9. The van der Waals surface area contributed by atoms with Gasteiger partial charge in [-0.15, -0.1) is 12.4 Å². The number of carbonyl (C=O) groups excluding carboxylic acids is 2. The number of amides is 2. The first-order valence-electron chi connectivity index (χ1n) is 9.59. The fourth-order valence-corrected chi connectivity index (χ4v) is 3.39. The van der Waals surface area contributed by atoms with Gasteiger partial charge >= 0.3 is 0 Å². The number of rotatable bonds is 8. The van der Waals surface area contributed by atoms with E-state index in [0.717, 1.165) is 25.1 Å². The molecule has 0 spiro atoms. The van der Waals surface area contributed by atoms with Crippen molar-refractivity contribution in [1.29, 1.82) is 0 Å². The highest BCUT2D eigenvalue weighted by molar-refractivity contribution is 5.95. The van der Waals surface area contributed by atoms with Crippen LogP contribution in [-0.2, 0) is 11.2 Å². The molecule has 1 fully saturated rings. The van der Waals surface area contributed by atoms with Crippen LogP contribution < -0.4 is 16.0 Å². The fourth-order valence-electron chi connectivity index (χ4n) is 3.39. The van der Waals surface area contributed by atoms with Crippen LogP contribution in [0.25, 0.3) is 0 Å². The molecule has 2 unspecified atom stereocenters. The minimum Gasteiger partial charge on any atom is -0.459 e. The summed E-state index contributed by atoms with van der Waals surface area (Å²) in [4.78, 5) is 25.1. The van der Waals surface area contributed by atoms with Crippen LogP contribution in [0.3, 0.4) is 0 Å². The second-order valence-corrected chi connectivity index (χ2v) is 6.99. The Morgan fingerprint density at radius 3 is 2.68 bits per heavy atom. The van der Waals surface area contributed by atoms with Crippen molar-refractivity contribution in [3.05, 3.63) is 60.1 Å². The van der Waals surface area contributed by atoms with Gasteiger partial charge in [-0.05, 0) is 56.0 Å². The van der Waals surface area contributed by atoms with Crippen molar-refractivity contribution in [2.75, 3.05) is 19.6 Å². The monoisotopic (exact) mass is 405 g/mol. The molecule has 7 heteroatoms. The molecule has 1 aliphatic rings. The summed E-state index contributed by atoms with van der Waals surface area (Å²) in [6, 6.07) is 12.3. The number of furan rings is 1.